The van der Waals surface area contributed by atoms with Crippen molar-refractivity contribution in [2.75, 3.05) is 0 Å². The van der Waals surface area contributed by atoms with Gasteiger partial charge in [0.25, 0.3) is 5.91 Å². The Morgan fingerprint density at radius 3 is 2.85 bits per heavy atom. The molecule has 0 radical (unpaired) electrons. The minimum Gasteiger partial charge on any atom is -0.346 e. The summed E-state index contributed by atoms with van der Waals surface area (Å²) in [7, 11) is 0. The molecule has 0 saturated carbocycles. The second kappa shape index (κ2) is 6.61. The van der Waals surface area contributed by atoms with Crippen molar-refractivity contribution in [1.29, 1.82) is 0 Å². The zero-order valence-corrected chi connectivity index (χ0v) is 13.8. The number of hydrogen-bond donors (Lipinski definition) is 1. The lowest BCUT2D eigenvalue weighted by molar-refractivity contribution is 0.0950. The van der Waals surface area contributed by atoms with Crippen LogP contribution in [0.2, 0.25) is 10.0 Å². The first-order valence-corrected chi connectivity index (χ1v) is 7.51. The lowest BCUT2D eigenvalue weighted by Crippen LogP contribution is -2.24. The molecule has 1 aromatic carbocycles. The van der Waals surface area contributed by atoms with Crippen molar-refractivity contribution in [3.05, 3.63) is 50.2 Å². The zero-order valence-electron chi connectivity index (χ0n) is 10.7. The molecule has 0 saturated heterocycles. The molecule has 0 atom stereocenters. The standard InChI is InChI=1S/C13H12BrCl2N3O/c1-2-19-12(10(14)6-18-19)7-17-13(20)9-4-3-8(15)5-11(9)16/h3-6H,2,7H2,1H3,(H,17,20). The van der Waals surface area contributed by atoms with Crippen LogP contribution in [0.15, 0.2) is 28.9 Å². The molecule has 0 unspecified atom stereocenters. The normalized spacial score (nSPS) is 10.6. The van der Waals surface area contributed by atoms with Crippen molar-refractivity contribution in [2.45, 2.75) is 20.0 Å². The van der Waals surface area contributed by atoms with Gasteiger partial charge in [-0.3, -0.25) is 9.48 Å². The predicted molar refractivity (Wildman–Crippen MR) is 83.2 cm³/mol. The number of aromatic nitrogens is 2. The van der Waals surface area contributed by atoms with E-state index in [0.29, 0.717) is 22.2 Å². The van der Waals surface area contributed by atoms with Gasteiger partial charge >= 0.3 is 0 Å². The molecule has 1 aromatic heterocycles. The third-order valence-electron chi connectivity index (χ3n) is 2.79. The summed E-state index contributed by atoms with van der Waals surface area (Å²) in [4.78, 5) is 12.1. The van der Waals surface area contributed by atoms with Crippen LogP contribution in [0.1, 0.15) is 23.0 Å². The summed E-state index contributed by atoms with van der Waals surface area (Å²) in [5, 5.41) is 7.84. The van der Waals surface area contributed by atoms with E-state index in [2.05, 4.69) is 26.3 Å². The van der Waals surface area contributed by atoms with Gasteiger partial charge in [0.2, 0.25) is 0 Å². The third kappa shape index (κ3) is 3.34. The molecule has 20 heavy (non-hydrogen) atoms. The fourth-order valence-electron chi connectivity index (χ4n) is 1.77. The van der Waals surface area contributed by atoms with Gasteiger partial charge in [0, 0.05) is 11.6 Å². The van der Waals surface area contributed by atoms with Crippen LogP contribution in [-0.4, -0.2) is 15.7 Å². The molecular weight excluding hydrogens is 365 g/mol. The van der Waals surface area contributed by atoms with Crippen LogP contribution in [0.4, 0.5) is 0 Å². The number of hydrogen-bond acceptors (Lipinski definition) is 2. The molecule has 0 aliphatic heterocycles. The molecule has 2 aromatic rings. The van der Waals surface area contributed by atoms with E-state index in [0.717, 1.165) is 16.7 Å². The van der Waals surface area contributed by atoms with Gasteiger partial charge in [-0.25, -0.2) is 0 Å². The Labute approximate surface area is 135 Å². The first-order chi connectivity index (χ1) is 9.52. The second-order valence-corrected chi connectivity index (χ2v) is 5.76. The van der Waals surface area contributed by atoms with Crippen LogP contribution in [-0.2, 0) is 13.1 Å². The summed E-state index contributed by atoms with van der Waals surface area (Å²) < 4.78 is 2.68. The number of halogens is 3. The Bertz CT molecular complexity index is 643. The van der Waals surface area contributed by atoms with Crippen molar-refractivity contribution < 1.29 is 4.79 Å². The molecular formula is C13H12BrCl2N3O. The van der Waals surface area contributed by atoms with Crippen LogP contribution < -0.4 is 5.32 Å². The molecule has 1 N–H and O–H groups in total. The van der Waals surface area contributed by atoms with Gasteiger partial charge in [-0.05, 0) is 41.1 Å². The minimum atomic E-state index is -0.248. The molecule has 0 fully saturated rings. The van der Waals surface area contributed by atoms with E-state index in [-0.39, 0.29) is 5.91 Å². The summed E-state index contributed by atoms with van der Waals surface area (Å²) >= 11 is 15.2. The number of carbonyl (C=O) groups is 1. The molecule has 7 heteroatoms. The van der Waals surface area contributed by atoms with E-state index in [1.807, 2.05) is 11.6 Å². The lowest BCUT2D eigenvalue weighted by Gasteiger charge is -2.09. The summed E-state index contributed by atoms with van der Waals surface area (Å²) in [6, 6.07) is 4.78. The van der Waals surface area contributed by atoms with Crippen LogP contribution in [0.5, 0.6) is 0 Å². The molecule has 106 valence electrons. The van der Waals surface area contributed by atoms with Crippen LogP contribution in [0.3, 0.4) is 0 Å². The smallest absolute Gasteiger partial charge is 0.253 e. The van der Waals surface area contributed by atoms with Crippen LogP contribution in [0.25, 0.3) is 0 Å². The third-order valence-corrected chi connectivity index (χ3v) is 4.00. The van der Waals surface area contributed by atoms with Crippen molar-refractivity contribution in [3.63, 3.8) is 0 Å². The van der Waals surface area contributed by atoms with Gasteiger partial charge in [-0.2, -0.15) is 5.10 Å². The maximum absolute atomic E-state index is 12.1. The number of nitrogens with one attached hydrogen (secondary N) is 1. The average Bonchev–Trinajstić information content (AvgIpc) is 2.76. The maximum atomic E-state index is 12.1. The first-order valence-electron chi connectivity index (χ1n) is 5.96. The fourth-order valence-corrected chi connectivity index (χ4v) is 2.70. The van der Waals surface area contributed by atoms with E-state index >= 15 is 0 Å². The van der Waals surface area contributed by atoms with Crippen LogP contribution >= 0.6 is 39.1 Å². The van der Waals surface area contributed by atoms with E-state index in [1.54, 1.807) is 24.4 Å². The van der Waals surface area contributed by atoms with Gasteiger partial charge in [0.1, 0.15) is 0 Å². The number of rotatable bonds is 4. The molecule has 4 nitrogen and oxygen atoms in total. The number of aryl methyl sites for hydroxylation is 1. The quantitative estimate of drug-likeness (QED) is 0.879. The van der Waals surface area contributed by atoms with Gasteiger partial charge in [-0.15, -0.1) is 0 Å². The van der Waals surface area contributed by atoms with E-state index < -0.39 is 0 Å². The molecule has 1 heterocycles. The largest absolute Gasteiger partial charge is 0.346 e. The average molecular weight is 377 g/mol. The minimum absolute atomic E-state index is 0.248. The Morgan fingerprint density at radius 1 is 1.45 bits per heavy atom. The number of nitrogens with zero attached hydrogens (tertiary/aromatic N) is 2. The van der Waals surface area contributed by atoms with Gasteiger partial charge in [0.15, 0.2) is 0 Å². The SMILES string of the molecule is CCn1ncc(Br)c1CNC(=O)c1ccc(Cl)cc1Cl. The second-order valence-electron chi connectivity index (χ2n) is 4.06. The van der Waals surface area contributed by atoms with Crippen molar-refractivity contribution in [2.24, 2.45) is 0 Å². The summed E-state index contributed by atoms with van der Waals surface area (Å²) in [6.07, 6.45) is 1.71. The summed E-state index contributed by atoms with van der Waals surface area (Å²) in [6.45, 7) is 3.09. The van der Waals surface area contributed by atoms with E-state index in [9.17, 15) is 4.79 Å². The highest BCUT2D eigenvalue weighted by molar-refractivity contribution is 9.10. The molecule has 0 spiro atoms. The lowest BCUT2D eigenvalue weighted by atomic mass is 10.2. The highest BCUT2D eigenvalue weighted by Crippen LogP contribution is 2.21. The Balaban J connectivity index is 2.10. The fraction of sp³-hybridized carbons (Fsp3) is 0.231. The number of benzene rings is 1. The van der Waals surface area contributed by atoms with Gasteiger partial charge < -0.3 is 5.32 Å². The topological polar surface area (TPSA) is 46.9 Å². The summed E-state index contributed by atoms with van der Waals surface area (Å²) in [5.74, 6) is -0.248. The number of amides is 1. The molecule has 0 aliphatic carbocycles. The molecule has 0 aliphatic rings. The monoisotopic (exact) mass is 375 g/mol. The summed E-state index contributed by atoms with van der Waals surface area (Å²) in [5.41, 5.74) is 1.31. The highest BCUT2D eigenvalue weighted by atomic mass is 79.9. The zero-order chi connectivity index (χ0) is 14.7. The van der Waals surface area contributed by atoms with Crippen molar-refractivity contribution in [1.82, 2.24) is 15.1 Å². The van der Waals surface area contributed by atoms with Gasteiger partial charge in [0.05, 0.1) is 33.5 Å². The first kappa shape index (κ1) is 15.4. The van der Waals surface area contributed by atoms with E-state index in [1.165, 1.54) is 0 Å². The van der Waals surface area contributed by atoms with Gasteiger partial charge in [-0.1, -0.05) is 23.2 Å². The molecule has 1 amide bonds. The predicted octanol–water partition coefficient (Wildman–Crippen LogP) is 3.90. The Morgan fingerprint density at radius 2 is 2.20 bits per heavy atom. The number of carbonyl (C=O) groups excluding carboxylic acids is 1. The van der Waals surface area contributed by atoms with Crippen LogP contribution in [0, 0.1) is 0 Å². The Hall–Kier alpha value is -1.04. The maximum Gasteiger partial charge on any atom is 0.253 e. The Kier molecular flexibility index (Phi) is 5.07. The van der Waals surface area contributed by atoms with E-state index in [4.69, 9.17) is 23.2 Å². The van der Waals surface area contributed by atoms with Crippen molar-refractivity contribution >= 4 is 45.0 Å². The molecule has 2 rings (SSSR count). The van der Waals surface area contributed by atoms with Crippen molar-refractivity contribution in [3.8, 4) is 0 Å². The highest BCUT2D eigenvalue weighted by Gasteiger charge is 2.13. The molecule has 0 bridgehead atoms.